The minimum Gasteiger partial charge on any atom is -0.336 e. The molecule has 0 aliphatic carbocycles. The molecule has 0 radical (unpaired) electrons. The maximum Gasteiger partial charge on any atom is 0.255 e. The molecule has 0 saturated heterocycles. The van der Waals surface area contributed by atoms with E-state index < -0.39 is 0 Å². The quantitative estimate of drug-likeness (QED) is 0.742. The van der Waals surface area contributed by atoms with Crippen LogP contribution in [0.4, 0.5) is 0 Å². The molecule has 2 aromatic heterocycles. The number of para-hydroxylation sites is 1. The van der Waals surface area contributed by atoms with Gasteiger partial charge in [-0.2, -0.15) is 0 Å². The highest BCUT2D eigenvalue weighted by Crippen LogP contribution is 2.09. The van der Waals surface area contributed by atoms with Crippen LogP contribution in [0.5, 0.6) is 0 Å². The van der Waals surface area contributed by atoms with E-state index in [2.05, 4.69) is 4.98 Å². The molecule has 3 rings (SSSR count). The predicted octanol–water partition coefficient (Wildman–Crippen LogP) is 2.50. The number of hydrogen-bond acceptors (Lipinski definition) is 3. The van der Waals surface area contributed by atoms with E-state index in [0.29, 0.717) is 12.1 Å². The number of pyridine rings is 2. The molecule has 5 heteroatoms. The molecule has 120 valence electrons. The number of carbonyl (C=O) groups excluding carboxylic acids is 1. The van der Waals surface area contributed by atoms with E-state index >= 15 is 0 Å². The Morgan fingerprint density at radius 2 is 1.79 bits per heavy atom. The van der Waals surface area contributed by atoms with Gasteiger partial charge in [0.25, 0.3) is 11.5 Å². The van der Waals surface area contributed by atoms with Crippen LogP contribution in [0.3, 0.4) is 0 Å². The van der Waals surface area contributed by atoms with Crippen LogP contribution >= 0.6 is 0 Å². The third-order valence-electron chi connectivity index (χ3n) is 3.66. The van der Waals surface area contributed by atoms with Crippen LogP contribution in [-0.4, -0.2) is 27.4 Å². The summed E-state index contributed by atoms with van der Waals surface area (Å²) in [5.74, 6) is -0.162. The summed E-state index contributed by atoms with van der Waals surface area (Å²) in [6.45, 7) is 0.407. The van der Waals surface area contributed by atoms with Crippen molar-refractivity contribution in [3.8, 4) is 5.69 Å². The molecular formula is C19H17N3O2. The fourth-order valence-electron chi connectivity index (χ4n) is 2.43. The third-order valence-corrected chi connectivity index (χ3v) is 3.66. The molecule has 0 aliphatic rings. The smallest absolute Gasteiger partial charge is 0.255 e. The molecule has 1 amide bonds. The van der Waals surface area contributed by atoms with Gasteiger partial charge in [0.2, 0.25) is 0 Å². The molecular weight excluding hydrogens is 302 g/mol. The van der Waals surface area contributed by atoms with E-state index in [9.17, 15) is 9.59 Å². The first-order chi connectivity index (χ1) is 11.6. The molecule has 3 aromatic rings. The van der Waals surface area contributed by atoms with Gasteiger partial charge in [-0.1, -0.05) is 24.3 Å². The molecule has 0 saturated carbocycles. The molecule has 2 heterocycles. The van der Waals surface area contributed by atoms with Gasteiger partial charge in [0.1, 0.15) is 0 Å². The molecule has 0 bridgehead atoms. The molecule has 1 aromatic carbocycles. The number of nitrogens with zero attached hydrogens (tertiary/aromatic N) is 3. The van der Waals surface area contributed by atoms with Gasteiger partial charge in [0, 0.05) is 31.2 Å². The Hall–Kier alpha value is -3.21. The number of aromatic nitrogens is 2. The lowest BCUT2D eigenvalue weighted by molar-refractivity contribution is 0.0782. The van der Waals surface area contributed by atoms with Crippen LogP contribution in [0, 0.1) is 0 Å². The average molecular weight is 319 g/mol. The molecule has 24 heavy (non-hydrogen) atoms. The first-order valence-electron chi connectivity index (χ1n) is 7.58. The number of benzene rings is 1. The second-order valence-corrected chi connectivity index (χ2v) is 5.44. The predicted molar refractivity (Wildman–Crippen MR) is 92.1 cm³/mol. The Kier molecular flexibility index (Phi) is 4.52. The van der Waals surface area contributed by atoms with Crippen LogP contribution < -0.4 is 5.56 Å². The van der Waals surface area contributed by atoms with Crippen molar-refractivity contribution in [3.05, 3.63) is 94.7 Å². The zero-order chi connectivity index (χ0) is 16.9. The van der Waals surface area contributed by atoms with Crippen molar-refractivity contribution in [3.63, 3.8) is 0 Å². The summed E-state index contributed by atoms with van der Waals surface area (Å²) >= 11 is 0. The van der Waals surface area contributed by atoms with Gasteiger partial charge in [-0.05, 0) is 30.3 Å². The second-order valence-electron chi connectivity index (χ2n) is 5.44. The van der Waals surface area contributed by atoms with Gasteiger partial charge in [-0.3, -0.25) is 19.1 Å². The summed E-state index contributed by atoms with van der Waals surface area (Å²) in [6.07, 6.45) is 3.28. The first kappa shape index (κ1) is 15.7. The third kappa shape index (κ3) is 3.41. The molecule has 0 unspecified atom stereocenters. The Bertz CT molecular complexity index is 889. The van der Waals surface area contributed by atoms with Crippen LogP contribution in [0.15, 0.2) is 77.9 Å². The summed E-state index contributed by atoms with van der Waals surface area (Å²) < 4.78 is 1.47. The van der Waals surface area contributed by atoms with Crippen molar-refractivity contribution in [2.45, 2.75) is 6.54 Å². The fraction of sp³-hybridized carbons (Fsp3) is 0.105. The molecule has 0 aliphatic heterocycles. The molecule has 0 fully saturated rings. The van der Waals surface area contributed by atoms with E-state index in [1.54, 1.807) is 30.4 Å². The minimum absolute atomic E-state index is 0.162. The second kappa shape index (κ2) is 6.91. The zero-order valence-electron chi connectivity index (χ0n) is 13.3. The average Bonchev–Trinajstić information content (AvgIpc) is 2.63. The van der Waals surface area contributed by atoms with Crippen molar-refractivity contribution >= 4 is 5.91 Å². The van der Waals surface area contributed by atoms with Crippen molar-refractivity contribution in [2.24, 2.45) is 0 Å². The lowest BCUT2D eigenvalue weighted by Crippen LogP contribution is -2.28. The van der Waals surface area contributed by atoms with E-state index in [-0.39, 0.29) is 11.5 Å². The molecule has 0 N–H and O–H groups in total. The number of carbonyl (C=O) groups is 1. The van der Waals surface area contributed by atoms with Crippen molar-refractivity contribution in [1.29, 1.82) is 0 Å². The minimum atomic E-state index is -0.176. The van der Waals surface area contributed by atoms with Crippen LogP contribution in [-0.2, 0) is 6.54 Å². The largest absolute Gasteiger partial charge is 0.336 e. The van der Waals surface area contributed by atoms with Gasteiger partial charge in [-0.15, -0.1) is 0 Å². The van der Waals surface area contributed by atoms with Crippen molar-refractivity contribution in [1.82, 2.24) is 14.5 Å². The van der Waals surface area contributed by atoms with Gasteiger partial charge >= 0.3 is 0 Å². The monoisotopic (exact) mass is 319 g/mol. The Balaban J connectivity index is 1.87. The van der Waals surface area contributed by atoms with Crippen LogP contribution in [0.1, 0.15) is 16.1 Å². The first-order valence-corrected chi connectivity index (χ1v) is 7.58. The number of hydrogen-bond donors (Lipinski definition) is 0. The van der Waals surface area contributed by atoms with E-state index in [1.165, 1.54) is 10.6 Å². The summed E-state index contributed by atoms with van der Waals surface area (Å²) in [5, 5.41) is 0. The maximum absolute atomic E-state index is 12.6. The van der Waals surface area contributed by atoms with Gasteiger partial charge in [-0.25, -0.2) is 0 Å². The van der Waals surface area contributed by atoms with Crippen molar-refractivity contribution in [2.75, 3.05) is 7.05 Å². The normalized spacial score (nSPS) is 10.4. The van der Waals surface area contributed by atoms with E-state index in [1.807, 2.05) is 48.5 Å². The van der Waals surface area contributed by atoms with E-state index in [0.717, 1.165) is 11.4 Å². The number of rotatable bonds is 4. The maximum atomic E-state index is 12.6. The molecule has 0 spiro atoms. The van der Waals surface area contributed by atoms with Gasteiger partial charge < -0.3 is 4.90 Å². The fourth-order valence-corrected chi connectivity index (χ4v) is 2.43. The molecule has 5 nitrogen and oxygen atoms in total. The van der Waals surface area contributed by atoms with Gasteiger partial charge in [0.15, 0.2) is 0 Å². The topological polar surface area (TPSA) is 55.2 Å². The molecule has 0 atom stereocenters. The Labute approximate surface area is 139 Å². The summed E-state index contributed by atoms with van der Waals surface area (Å²) in [7, 11) is 1.72. The summed E-state index contributed by atoms with van der Waals surface area (Å²) in [5.41, 5.74) is 1.82. The standard InChI is InChI=1S/C19H17N3O2/c1-21(14-16-7-5-6-12-20-16)19(24)15-10-11-18(23)22(13-15)17-8-3-2-4-9-17/h2-13H,14H2,1H3. The van der Waals surface area contributed by atoms with Gasteiger partial charge in [0.05, 0.1) is 17.8 Å². The van der Waals surface area contributed by atoms with Crippen LogP contribution in [0.25, 0.3) is 5.69 Å². The summed E-state index contributed by atoms with van der Waals surface area (Å²) in [4.78, 5) is 30.5. The lowest BCUT2D eigenvalue weighted by atomic mass is 10.2. The Morgan fingerprint density at radius 3 is 2.50 bits per heavy atom. The highest BCUT2D eigenvalue weighted by Gasteiger charge is 2.14. The van der Waals surface area contributed by atoms with Crippen LogP contribution in [0.2, 0.25) is 0 Å². The van der Waals surface area contributed by atoms with Crippen molar-refractivity contribution < 1.29 is 4.79 Å². The highest BCUT2D eigenvalue weighted by atomic mass is 16.2. The summed E-state index contributed by atoms with van der Waals surface area (Å²) in [6, 6.07) is 17.8. The zero-order valence-corrected chi connectivity index (χ0v) is 13.3. The SMILES string of the molecule is CN(Cc1ccccn1)C(=O)c1ccc(=O)n(-c2ccccc2)c1. The van der Waals surface area contributed by atoms with E-state index in [4.69, 9.17) is 0 Å². The highest BCUT2D eigenvalue weighted by molar-refractivity contribution is 5.93. The lowest BCUT2D eigenvalue weighted by Gasteiger charge is -2.17. The number of amides is 1. The Morgan fingerprint density at radius 1 is 1.04 bits per heavy atom.